The third-order valence-corrected chi connectivity index (χ3v) is 4.54. The lowest BCUT2D eigenvalue weighted by Crippen LogP contribution is -2.42. The van der Waals surface area contributed by atoms with Gasteiger partial charge in [-0.05, 0) is 31.1 Å². The summed E-state index contributed by atoms with van der Waals surface area (Å²) in [6, 6.07) is 2.47. The maximum atomic E-state index is 10.5. The van der Waals surface area contributed by atoms with Crippen LogP contribution in [0, 0.1) is 28.6 Å². The molecule has 0 radical (unpaired) electrons. The Morgan fingerprint density at radius 1 is 1.47 bits per heavy atom. The first-order valence-corrected chi connectivity index (χ1v) is 7.19. The number of nitriles is 1. The van der Waals surface area contributed by atoms with Gasteiger partial charge in [0.05, 0.1) is 17.6 Å². The fourth-order valence-corrected chi connectivity index (χ4v) is 3.37. The lowest BCUT2D eigenvalue weighted by molar-refractivity contribution is -0.0175. The molecule has 2 heteroatoms. The molecule has 1 fully saturated rings. The highest BCUT2D eigenvalue weighted by Gasteiger charge is 2.43. The number of nitrogens with zero attached hydrogens (tertiary/aromatic N) is 1. The topological polar surface area (TPSA) is 44.0 Å². The summed E-state index contributed by atoms with van der Waals surface area (Å²) in [6.07, 6.45) is 6.90. The van der Waals surface area contributed by atoms with Crippen molar-refractivity contribution in [1.82, 2.24) is 0 Å². The Labute approximate surface area is 106 Å². The second kappa shape index (κ2) is 6.40. The van der Waals surface area contributed by atoms with Gasteiger partial charge in [0.15, 0.2) is 0 Å². The van der Waals surface area contributed by atoms with Gasteiger partial charge in [-0.1, -0.05) is 46.5 Å². The van der Waals surface area contributed by atoms with Crippen molar-refractivity contribution in [2.75, 3.05) is 0 Å². The third kappa shape index (κ3) is 3.22. The van der Waals surface area contributed by atoms with Crippen molar-refractivity contribution in [3.8, 4) is 6.07 Å². The molecule has 4 unspecified atom stereocenters. The van der Waals surface area contributed by atoms with E-state index in [0.717, 1.165) is 38.5 Å². The van der Waals surface area contributed by atoms with Crippen molar-refractivity contribution < 1.29 is 5.11 Å². The summed E-state index contributed by atoms with van der Waals surface area (Å²) in [6.45, 7) is 6.42. The molecule has 0 spiro atoms. The van der Waals surface area contributed by atoms with Crippen molar-refractivity contribution >= 4 is 0 Å². The predicted molar refractivity (Wildman–Crippen MR) is 70.4 cm³/mol. The van der Waals surface area contributed by atoms with Crippen LogP contribution in [0.1, 0.15) is 65.7 Å². The number of hydrogen-bond acceptors (Lipinski definition) is 2. The molecular formula is C15H27NO. The van der Waals surface area contributed by atoms with Crippen LogP contribution < -0.4 is 0 Å². The van der Waals surface area contributed by atoms with Crippen molar-refractivity contribution in [1.29, 1.82) is 5.26 Å². The molecule has 1 rings (SSSR count). The van der Waals surface area contributed by atoms with Gasteiger partial charge >= 0.3 is 0 Å². The van der Waals surface area contributed by atoms with Gasteiger partial charge in [0, 0.05) is 0 Å². The normalized spacial score (nSPS) is 32.8. The van der Waals surface area contributed by atoms with E-state index in [0.29, 0.717) is 5.92 Å². The minimum atomic E-state index is -0.465. The zero-order valence-corrected chi connectivity index (χ0v) is 11.6. The maximum Gasteiger partial charge on any atom is 0.0837 e. The van der Waals surface area contributed by atoms with E-state index in [-0.39, 0.29) is 5.92 Å². The Kier molecular flexibility index (Phi) is 5.46. The van der Waals surface area contributed by atoms with Crippen molar-refractivity contribution in [3.63, 3.8) is 0 Å². The Morgan fingerprint density at radius 3 is 2.71 bits per heavy atom. The van der Waals surface area contributed by atoms with E-state index < -0.39 is 11.5 Å². The molecule has 1 aliphatic rings. The van der Waals surface area contributed by atoms with Crippen LogP contribution in [-0.4, -0.2) is 11.2 Å². The van der Waals surface area contributed by atoms with E-state index in [1.54, 1.807) is 0 Å². The van der Waals surface area contributed by atoms with E-state index in [9.17, 15) is 10.4 Å². The fourth-order valence-electron chi connectivity index (χ4n) is 3.37. The fraction of sp³-hybridized carbons (Fsp3) is 0.933. The van der Waals surface area contributed by atoms with E-state index >= 15 is 0 Å². The minimum absolute atomic E-state index is 0.246. The van der Waals surface area contributed by atoms with Gasteiger partial charge in [-0.2, -0.15) is 5.26 Å². The second-order valence-electron chi connectivity index (χ2n) is 5.85. The van der Waals surface area contributed by atoms with E-state index in [1.165, 1.54) is 6.42 Å². The number of aliphatic hydroxyl groups excluding tert-OH is 1. The first kappa shape index (κ1) is 14.5. The van der Waals surface area contributed by atoms with Gasteiger partial charge in [0.1, 0.15) is 0 Å². The van der Waals surface area contributed by atoms with Crippen LogP contribution in [0.5, 0.6) is 0 Å². The highest BCUT2D eigenvalue weighted by atomic mass is 16.3. The monoisotopic (exact) mass is 237 g/mol. The highest BCUT2D eigenvalue weighted by Crippen LogP contribution is 2.45. The number of hydrogen-bond donors (Lipinski definition) is 1. The molecule has 1 aliphatic carbocycles. The Morgan fingerprint density at radius 2 is 2.18 bits per heavy atom. The molecule has 17 heavy (non-hydrogen) atoms. The highest BCUT2D eigenvalue weighted by molar-refractivity contribution is 5.07. The molecule has 2 nitrogen and oxygen atoms in total. The zero-order chi connectivity index (χ0) is 12.9. The lowest BCUT2D eigenvalue weighted by Gasteiger charge is -2.41. The van der Waals surface area contributed by atoms with Crippen molar-refractivity contribution in [3.05, 3.63) is 0 Å². The van der Waals surface area contributed by atoms with Crippen molar-refractivity contribution in [2.45, 2.75) is 71.8 Å². The SMILES string of the molecule is CCCC(C)C(O)C1(C#N)CCCC(CC)C1. The van der Waals surface area contributed by atoms with Crippen LogP contribution in [0.25, 0.3) is 0 Å². The van der Waals surface area contributed by atoms with Gasteiger partial charge in [-0.25, -0.2) is 0 Å². The molecular weight excluding hydrogens is 210 g/mol. The third-order valence-electron chi connectivity index (χ3n) is 4.54. The molecule has 1 N–H and O–H groups in total. The van der Waals surface area contributed by atoms with Gasteiger partial charge in [0.2, 0.25) is 0 Å². The molecule has 1 saturated carbocycles. The van der Waals surface area contributed by atoms with Crippen LogP contribution in [-0.2, 0) is 0 Å². The first-order valence-electron chi connectivity index (χ1n) is 7.19. The van der Waals surface area contributed by atoms with Gasteiger partial charge < -0.3 is 5.11 Å². The summed E-state index contributed by atoms with van der Waals surface area (Å²) in [5.41, 5.74) is -0.465. The van der Waals surface area contributed by atoms with Crippen molar-refractivity contribution in [2.24, 2.45) is 17.3 Å². The molecule has 0 aliphatic heterocycles. The Hall–Kier alpha value is -0.550. The smallest absolute Gasteiger partial charge is 0.0837 e. The van der Waals surface area contributed by atoms with E-state index in [4.69, 9.17) is 0 Å². The largest absolute Gasteiger partial charge is 0.391 e. The average molecular weight is 237 g/mol. The summed E-state index contributed by atoms with van der Waals surface area (Å²) < 4.78 is 0. The Bertz CT molecular complexity index is 271. The second-order valence-corrected chi connectivity index (χ2v) is 5.85. The standard InChI is InChI=1S/C15H27NO/c1-4-7-12(3)14(17)15(11-16)9-6-8-13(5-2)10-15/h12-14,17H,4-10H2,1-3H3. The molecule has 98 valence electrons. The van der Waals surface area contributed by atoms with Gasteiger partial charge in [0.25, 0.3) is 0 Å². The molecule has 0 aromatic carbocycles. The Balaban J connectivity index is 2.77. The van der Waals surface area contributed by atoms with E-state index in [2.05, 4.69) is 26.8 Å². The molecule has 0 aromatic rings. The summed E-state index contributed by atoms with van der Waals surface area (Å²) in [5.74, 6) is 0.877. The molecule has 0 amide bonds. The molecule has 0 bridgehead atoms. The summed E-state index contributed by atoms with van der Waals surface area (Å²) in [7, 11) is 0. The summed E-state index contributed by atoms with van der Waals surface area (Å²) in [4.78, 5) is 0. The summed E-state index contributed by atoms with van der Waals surface area (Å²) >= 11 is 0. The number of rotatable bonds is 5. The quantitative estimate of drug-likeness (QED) is 0.788. The van der Waals surface area contributed by atoms with Gasteiger partial charge in [-0.3, -0.25) is 0 Å². The van der Waals surface area contributed by atoms with Crippen LogP contribution in [0.15, 0.2) is 0 Å². The summed E-state index contributed by atoms with van der Waals surface area (Å²) in [5, 5.41) is 20.0. The molecule has 4 atom stereocenters. The molecule has 0 heterocycles. The van der Waals surface area contributed by atoms with Crippen LogP contribution in [0.4, 0.5) is 0 Å². The predicted octanol–water partition coefficient (Wildman–Crippen LogP) is 3.89. The van der Waals surface area contributed by atoms with Gasteiger partial charge in [-0.15, -0.1) is 0 Å². The lowest BCUT2D eigenvalue weighted by atomic mass is 9.64. The maximum absolute atomic E-state index is 10.5. The van der Waals surface area contributed by atoms with Crippen LogP contribution >= 0.6 is 0 Å². The minimum Gasteiger partial charge on any atom is -0.391 e. The molecule has 0 saturated heterocycles. The van der Waals surface area contributed by atoms with Crippen LogP contribution in [0.3, 0.4) is 0 Å². The average Bonchev–Trinajstić information content (AvgIpc) is 2.38. The van der Waals surface area contributed by atoms with E-state index in [1.807, 2.05) is 0 Å². The zero-order valence-electron chi connectivity index (χ0n) is 11.6. The first-order chi connectivity index (χ1) is 8.09. The molecule has 0 aromatic heterocycles. The van der Waals surface area contributed by atoms with Crippen LogP contribution in [0.2, 0.25) is 0 Å². The number of aliphatic hydroxyl groups is 1.